The van der Waals surface area contributed by atoms with Crippen molar-refractivity contribution < 1.29 is 13.2 Å². The average Bonchev–Trinajstić information content (AvgIpc) is 2.37. The summed E-state index contributed by atoms with van der Waals surface area (Å²) in [7, 11) is 1.60. The second kappa shape index (κ2) is 5.97. The number of aryl methyl sites for hydroxylation is 1. The maximum atomic E-state index is 13.9. The number of rotatable bonds is 3. The lowest BCUT2D eigenvalue weighted by atomic mass is 9.96. The summed E-state index contributed by atoms with van der Waals surface area (Å²) in [6.07, 6.45) is 0. The van der Waals surface area contributed by atoms with Crippen molar-refractivity contribution in [2.45, 2.75) is 13.0 Å². The zero-order chi connectivity index (χ0) is 14.9. The first-order valence-electron chi connectivity index (χ1n) is 6.02. The lowest BCUT2D eigenvalue weighted by Crippen LogP contribution is -2.21. The van der Waals surface area contributed by atoms with E-state index in [1.54, 1.807) is 19.2 Å². The Kier molecular flexibility index (Phi) is 4.50. The van der Waals surface area contributed by atoms with Crippen molar-refractivity contribution in [3.8, 4) is 0 Å². The predicted molar refractivity (Wildman–Crippen MR) is 76.1 cm³/mol. The van der Waals surface area contributed by atoms with Crippen LogP contribution in [0.3, 0.4) is 0 Å². The van der Waals surface area contributed by atoms with Crippen LogP contribution in [0.1, 0.15) is 22.7 Å². The predicted octanol–water partition coefficient (Wildman–Crippen LogP) is 4.48. The molecule has 2 rings (SSSR count). The molecule has 1 unspecified atom stereocenters. The molecule has 20 heavy (non-hydrogen) atoms. The van der Waals surface area contributed by atoms with Crippen molar-refractivity contribution in [3.05, 3.63) is 68.9 Å². The maximum Gasteiger partial charge on any atom is 0.134 e. The summed E-state index contributed by atoms with van der Waals surface area (Å²) in [4.78, 5) is 0. The topological polar surface area (TPSA) is 12.0 Å². The molecule has 2 aromatic carbocycles. The van der Waals surface area contributed by atoms with E-state index in [9.17, 15) is 13.2 Å². The standard InChI is InChI=1S/C15H13BrF3N/c1-8-4-3-5-10(14(8)16)15(20-2)13-11(18)6-9(17)7-12(13)19/h3-7,15,20H,1-2H3. The van der Waals surface area contributed by atoms with Crippen molar-refractivity contribution in [1.82, 2.24) is 5.32 Å². The second-order valence-corrected chi connectivity index (χ2v) is 5.28. The molecule has 1 N–H and O–H groups in total. The molecule has 1 atom stereocenters. The molecule has 106 valence electrons. The molecule has 1 nitrogen and oxygen atoms in total. The summed E-state index contributed by atoms with van der Waals surface area (Å²) in [5.74, 6) is -2.74. The number of hydrogen-bond donors (Lipinski definition) is 1. The molecule has 0 aliphatic heterocycles. The van der Waals surface area contributed by atoms with Crippen molar-refractivity contribution in [2.75, 3.05) is 7.05 Å². The Labute approximate surface area is 123 Å². The zero-order valence-electron chi connectivity index (χ0n) is 11.0. The first-order chi connectivity index (χ1) is 9.45. The van der Waals surface area contributed by atoms with E-state index >= 15 is 0 Å². The molecule has 2 aromatic rings. The number of nitrogens with one attached hydrogen (secondary N) is 1. The van der Waals surface area contributed by atoms with Gasteiger partial charge in [0.2, 0.25) is 0 Å². The summed E-state index contributed by atoms with van der Waals surface area (Å²) >= 11 is 3.42. The molecule has 0 saturated heterocycles. The van der Waals surface area contributed by atoms with E-state index in [4.69, 9.17) is 0 Å². The van der Waals surface area contributed by atoms with E-state index in [2.05, 4.69) is 21.2 Å². The van der Waals surface area contributed by atoms with E-state index in [1.165, 1.54) is 0 Å². The summed E-state index contributed by atoms with van der Waals surface area (Å²) in [6, 6.07) is 6.13. The average molecular weight is 344 g/mol. The van der Waals surface area contributed by atoms with Crippen LogP contribution in [0.15, 0.2) is 34.8 Å². The smallest absolute Gasteiger partial charge is 0.134 e. The van der Waals surface area contributed by atoms with E-state index in [0.717, 1.165) is 10.0 Å². The van der Waals surface area contributed by atoms with Crippen molar-refractivity contribution >= 4 is 15.9 Å². The van der Waals surface area contributed by atoms with Gasteiger partial charge in [0.1, 0.15) is 17.5 Å². The second-order valence-electron chi connectivity index (χ2n) is 4.48. The SMILES string of the molecule is CNC(c1cccc(C)c1Br)c1c(F)cc(F)cc1F. The van der Waals surface area contributed by atoms with Crippen LogP contribution < -0.4 is 5.32 Å². The van der Waals surface area contributed by atoms with Crippen LogP contribution in [-0.4, -0.2) is 7.05 Å². The normalized spacial score (nSPS) is 12.5. The number of hydrogen-bond acceptors (Lipinski definition) is 1. The molecule has 5 heteroatoms. The van der Waals surface area contributed by atoms with Crippen molar-refractivity contribution in [1.29, 1.82) is 0 Å². The Balaban J connectivity index is 2.62. The van der Waals surface area contributed by atoms with E-state index in [-0.39, 0.29) is 5.56 Å². The van der Waals surface area contributed by atoms with Gasteiger partial charge in [-0.15, -0.1) is 0 Å². The van der Waals surface area contributed by atoms with Crippen LogP contribution in [0, 0.1) is 24.4 Å². The molecule has 0 bridgehead atoms. The van der Waals surface area contributed by atoms with Crippen LogP contribution in [0.4, 0.5) is 13.2 Å². The van der Waals surface area contributed by atoms with Gasteiger partial charge in [-0.1, -0.05) is 34.1 Å². The Morgan fingerprint density at radius 1 is 1.10 bits per heavy atom. The summed E-state index contributed by atoms with van der Waals surface area (Å²) in [5, 5.41) is 2.87. The lowest BCUT2D eigenvalue weighted by molar-refractivity contribution is 0.499. The highest BCUT2D eigenvalue weighted by Gasteiger charge is 2.23. The van der Waals surface area contributed by atoms with Gasteiger partial charge in [0, 0.05) is 22.2 Å². The van der Waals surface area contributed by atoms with Crippen LogP contribution >= 0.6 is 15.9 Å². The highest BCUT2D eigenvalue weighted by Crippen LogP contribution is 2.33. The third-order valence-corrected chi connectivity index (χ3v) is 4.24. The van der Waals surface area contributed by atoms with Gasteiger partial charge >= 0.3 is 0 Å². The molecule has 0 fully saturated rings. The molecule has 0 aliphatic carbocycles. The quantitative estimate of drug-likeness (QED) is 0.866. The molecule has 0 amide bonds. The molecular formula is C15H13BrF3N. The minimum absolute atomic E-state index is 0.194. The van der Waals surface area contributed by atoms with E-state index in [0.29, 0.717) is 17.7 Å². The minimum atomic E-state index is -0.929. The number of halogens is 4. The van der Waals surface area contributed by atoms with Gasteiger partial charge in [-0.3, -0.25) is 0 Å². The van der Waals surface area contributed by atoms with Crippen LogP contribution in [0.2, 0.25) is 0 Å². The molecule has 0 aromatic heterocycles. The van der Waals surface area contributed by atoms with Gasteiger partial charge in [-0.25, -0.2) is 13.2 Å². The van der Waals surface area contributed by atoms with Crippen molar-refractivity contribution in [2.24, 2.45) is 0 Å². The Hall–Kier alpha value is -1.33. The van der Waals surface area contributed by atoms with E-state index < -0.39 is 23.5 Å². The summed E-state index contributed by atoms with van der Waals surface area (Å²) < 4.78 is 41.6. The first-order valence-corrected chi connectivity index (χ1v) is 6.81. The molecule has 0 radical (unpaired) electrons. The third-order valence-electron chi connectivity index (χ3n) is 3.15. The first kappa shape index (κ1) is 15.1. The van der Waals surface area contributed by atoms with Gasteiger partial charge in [0.15, 0.2) is 0 Å². The van der Waals surface area contributed by atoms with Gasteiger partial charge in [0.05, 0.1) is 6.04 Å². The summed E-state index contributed by atoms with van der Waals surface area (Å²) in [6.45, 7) is 1.89. The highest BCUT2D eigenvalue weighted by molar-refractivity contribution is 9.10. The minimum Gasteiger partial charge on any atom is -0.309 e. The Morgan fingerprint density at radius 2 is 1.70 bits per heavy atom. The maximum absolute atomic E-state index is 13.9. The van der Waals surface area contributed by atoms with Crippen molar-refractivity contribution in [3.63, 3.8) is 0 Å². The fraction of sp³-hybridized carbons (Fsp3) is 0.200. The van der Waals surface area contributed by atoms with Gasteiger partial charge < -0.3 is 5.32 Å². The fourth-order valence-corrected chi connectivity index (χ4v) is 2.67. The molecule has 0 spiro atoms. The monoisotopic (exact) mass is 343 g/mol. The molecule has 0 heterocycles. The van der Waals surface area contributed by atoms with Gasteiger partial charge in [0.25, 0.3) is 0 Å². The molecule has 0 saturated carbocycles. The Morgan fingerprint density at radius 3 is 2.25 bits per heavy atom. The largest absolute Gasteiger partial charge is 0.309 e. The number of benzene rings is 2. The Bertz CT molecular complexity index is 620. The fourth-order valence-electron chi connectivity index (χ4n) is 2.18. The molecular weight excluding hydrogens is 331 g/mol. The lowest BCUT2D eigenvalue weighted by Gasteiger charge is -2.21. The third kappa shape index (κ3) is 2.74. The molecule has 0 aliphatic rings. The van der Waals surface area contributed by atoms with Crippen LogP contribution in [-0.2, 0) is 0 Å². The van der Waals surface area contributed by atoms with E-state index in [1.807, 2.05) is 13.0 Å². The zero-order valence-corrected chi connectivity index (χ0v) is 12.6. The van der Waals surface area contributed by atoms with Crippen LogP contribution in [0.5, 0.6) is 0 Å². The van der Waals surface area contributed by atoms with Gasteiger partial charge in [-0.2, -0.15) is 0 Å². The highest BCUT2D eigenvalue weighted by atomic mass is 79.9. The van der Waals surface area contributed by atoms with Crippen LogP contribution in [0.25, 0.3) is 0 Å². The van der Waals surface area contributed by atoms with Gasteiger partial charge in [-0.05, 0) is 25.1 Å². The summed E-state index contributed by atoms with van der Waals surface area (Å²) in [5.41, 5.74) is 1.45.